The molecule has 1 unspecified atom stereocenters. The number of carboxylic acid groups (broad SMARTS) is 1. The maximum Gasteiger partial charge on any atom is 0.336 e. The van der Waals surface area contributed by atoms with E-state index in [9.17, 15) is 13.4 Å². The van der Waals surface area contributed by atoms with Crippen molar-refractivity contribution in [1.82, 2.24) is 0 Å². The minimum absolute atomic E-state index is 0.0865. The predicted octanol–water partition coefficient (Wildman–Crippen LogP) is 2.47. The van der Waals surface area contributed by atoms with Crippen molar-refractivity contribution >= 4 is 38.4 Å². The third kappa shape index (κ3) is 3.78. The van der Waals surface area contributed by atoms with Gasteiger partial charge in [0.25, 0.3) is 0 Å². The van der Waals surface area contributed by atoms with Crippen LogP contribution >= 0.6 is 15.9 Å². The van der Waals surface area contributed by atoms with Crippen LogP contribution in [-0.2, 0) is 10.8 Å². The van der Waals surface area contributed by atoms with E-state index in [2.05, 4.69) is 21.2 Å². The first kappa shape index (κ1) is 15.1. The highest BCUT2D eigenvalue weighted by molar-refractivity contribution is 9.10. The molecular formula is C11H13BrFNO3S. The summed E-state index contributed by atoms with van der Waals surface area (Å²) in [5, 5.41) is 11.6. The topological polar surface area (TPSA) is 66.4 Å². The molecule has 4 nitrogen and oxygen atoms in total. The van der Waals surface area contributed by atoms with Crippen LogP contribution in [0.25, 0.3) is 0 Å². The van der Waals surface area contributed by atoms with Crippen LogP contribution in [0.4, 0.5) is 10.1 Å². The SMILES string of the molecule is CCS(=O)CCNc1ccc(C(=O)O)c(Br)c1F. The van der Waals surface area contributed by atoms with Crippen LogP contribution in [0.1, 0.15) is 17.3 Å². The molecule has 0 fully saturated rings. The third-order valence-corrected chi connectivity index (χ3v) is 4.36. The number of anilines is 1. The number of rotatable bonds is 6. The van der Waals surface area contributed by atoms with Crippen LogP contribution in [0.5, 0.6) is 0 Å². The molecule has 1 rings (SSSR count). The van der Waals surface area contributed by atoms with Crippen molar-refractivity contribution in [3.05, 3.63) is 28.0 Å². The average Bonchev–Trinajstić information content (AvgIpc) is 2.33. The van der Waals surface area contributed by atoms with E-state index in [-0.39, 0.29) is 15.7 Å². The molecule has 0 aliphatic heterocycles. The fourth-order valence-corrected chi connectivity index (χ4v) is 2.43. The van der Waals surface area contributed by atoms with Crippen molar-refractivity contribution in [3.8, 4) is 0 Å². The lowest BCUT2D eigenvalue weighted by Gasteiger charge is -2.09. The van der Waals surface area contributed by atoms with Gasteiger partial charge in [-0.2, -0.15) is 0 Å². The third-order valence-electron chi connectivity index (χ3n) is 2.28. The van der Waals surface area contributed by atoms with Gasteiger partial charge in [0.2, 0.25) is 0 Å². The van der Waals surface area contributed by atoms with Gasteiger partial charge in [0, 0.05) is 28.9 Å². The Labute approximate surface area is 115 Å². The molecule has 100 valence electrons. The summed E-state index contributed by atoms with van der Waals surface area (Å²) in [4.78, 5) is 10.8. The van der Waals surface area contributed by atoms with Gasteiger partial charge in [-0.25, -0.2) is 9.18 Å². The smallest absolute Gasteiger partial charge is 0.336 e. The molecule has 7 heteroatoms. The monoisotopic (exact) mass is 337 g/mol. The zero-order valence-corrected chi connectivity index (χ0v) is 12.1. The Hall–Kier alpha value is -0.950. The zero-order valence-electron chi connectivity index (χ0n) is 9.70. The standard InChI is InChI=1S/C11H13BrFNO3S/c1-2-18(17)6-5-14-8-4-3-7(11(15)16)9(12)10(8)13/h3-4,14H,2,5-6H2,1H3,(H,15,16). The molecule has 1 aromatic carbocycles. The van der Waals surface area contributed by atoms with E-state index >= 15 is 0 Å². The van der Waals surface area contributed by atoms with Gasteiger partial charge in [-0.1, -0.05) is 6.92 Å². The quantitative estimate of drug-likeness (QED) is 0.836. The Balaban J connectivity index is 2.77. The Morgan fingerprint density at radius 2 is 2.22 bits per heavy atom. The van der Waals surface area contributed by atoms with Crippen molar-refractivity contribution in [3.63, 3.8) is 0 Å². The van der Waals surface area contributed by atoms with E-state index in [4.69, 9.17) is 5.11 Å². The number of carbonyl (C=O) groups is 1. The summed E-state index contributed by atoms with van der Waals surface area (Å²) >= 11 is 2.91. The fourth-order valence-electron chi connectivity index (χ4n) is 1.30. The van der Waals surface area contributed by atoms with Gasteiger partial charge in [0.15, 0.2) is 5.82 Å². The normalized spacial score (nSPS) is 12.2. The summed E-state index contributed by atoms with van der Waals surface area (Å²) in [7, 11) is -0.915. The molecule has 0 amide bonds. The maximum atomic E-state index is 13.8. The molecule has 0 aliphatic carbocycles. The lowest BCUT2D eigenvalue weighted by atomic mass is 10.2. The lowest BCUT2D eigenvalue weighted by Crippen LogP contribution is -2.13. The van der Waals surface area contributed by atoms with Crippen LogP contribution < -0.4 is 5.32 Å². The van der Waals surface area contributed by atoms with Crippen molar-refractivity contribution in [2.45, 2.75) is 6.92 Å². The predicted molar refractivity (Wildman–Crippen MR) is 73.1 cm³/mol. The van der Waals surface area contributed by atoms with Crippen LogP contribution in [0.3, 0.4) is 0 Å². The Morgan fingerprint density at radius 3 is 2.78 bits per heavy atom. The molecule has 0 bridgehead atoms. The number of aromatic carboxylic acids is 1. The molecule has 0 aromatic heterocycles. The van der Waals surface area contributed by atoms with E-state index in [0.29, 0.717) is 18.1 Å². The largest absolute Gasteiger partial charge is 0.478 e. The molecule has 0 spiro atoms. The van der Waals surface area contributed by atoms with E-state index in [0.717, 1.165) is 0 Å². The molecule has 1 aromatic rings. The minimum Gasteiger partial charge on any atom is -0.478 e. The van der Waals surface area contributed by atoms with Crippen LogP contribution in [0.2, 0.25) is 0 Å². The first-order valence-electron chi connectivity index (χ1n) is 5.27. The average molecular weight is 338 g/mol. The van der Waals surface area contributed by atoms with Gasteiger partial charge in [0.05, 0.1) is 15.7 Å². The second kappa shape index (κ2) is 6.84. The second-order valence-electron chi connectivity index (χ2n) is 3.45. The fraction of sp³-hybridized carbons (Fsp3) is 0.364. The molecule has 0 saturated carbocycles. The first-order chi connectivity index (χ1) is 8.47. The van der Waals surface area contributed by atoms with Gasteiger partial charge in [0.1, 0.15) is 0 Å². The second-order valence-corrected chi connectivity index (χ2v) is 6.11. The molecule has 0 saturated heterocycles. The summed E-state index contributed by atoms with van der Waals surface area (Å²) in [6.07, 6.45) is 0. The molecule has 2 N–H and O–H groups in total. The van der Waals surface area contributed by atoms with E-state index < -0.39 is 22.6 Å². The summed E-state index contributed by atoms with van der Waals surface area (Å²) in [5.74, 6) is -0.864. The molecule has 0 radical (unpaired) electrons. The van der Waals surface area contributed by atoms with Crippen molar-refractivity contribution in [1.29, 1.82) is 0 Å². The van der Waals surface area contributed by atoms with Crippen molar-refractivity contribution < 1.29 is 18.5 Å². The Kier molecular flexibility index (Phi) is 5.74. The Bertz CT molecular complexity index is 482. The van der Waals surface area contributed by atoms with E-state index in [1.165, 1.54) is 12.1 Å². The number of nitrogens with one attached hydrogen (secondary N) is 1. The highest BCUT2D eigenvalue weighted by Gasteiger charge is 2.15. The maximum absolute atomic E-state index is 13.8. The van der Waals surface area contributed by atoms with Gasteiger partial charge >= 0.3 is 5.97 Å². The highest BCUT2D eigenvalue weighted by atomic mass is 79.9. The van der Waals surface area contributed by atoms with Gasteiger partial charge in [-0.3, -0.25) is 4.21 Å². The molecule has 18 heavy (non-hydrogen) atoms. The van der Waals surface area contributed by atoms with Gasteiger partial charge in [-0.15, -0.1) is 0 Å². The molecule has 0 heterocycles. The van der Waals surface area contributed by atoms with E-state index in [1.807, 2.05) is 6.92 Å². The number of hydrogen-bond donors (Lipinski definition) is 2. The zero-order chi connectivity index (χ0) is 13.7. The molecular weight excluding hydrogens is 325 g/mol. The summed E-state index contributed by atoms with van der Waals surface area (Å²) in [6.45, 7) is 2.19. The van der Waals surface area contributed by atoms with Gasteiger partial charge in [-0.05, 0) is 28.1 Å². The molecule has 0 aliphatic rings. The number of benzene rings is 1. The highest BCUT2D eigenvalue weighted by Crippen LogP contribution is 2.26. The van der Waals surface area contributed by atoms with E-state index in [1.54, 1.807) is 0 Å². The lowest BCUT2D eigenvalue weighted by molar-refractivity contribution is 0.0695. The number of halogens is 2. The summed E-state index contributed by atoms with van der Waals surface area (Å²) in [6, 6.07) is 2.67. The Morgan fingerprint density at radius 1 is 1.56 bits per heavy atom. The molecule has 1 atom stereocenters. The number of carboxylic acids is 1. The van der Waals surface area contributed by atoms with Crippen molar-refractivity contribution in [2.75, 3.05) is 23.4 Å². The van der Waals surface area contributed by atoms with Crippen molar-refractivity contribution in [2.24, 2.45) is 0 Å². The number of hydrogen-bond acceptors (Lipinski definition) is 3. The van der Waals surface area contributed by atoms with Gasteiger partial charge < -0.3 is 10.4 Å². The minimum atomic E-state index is -1.19. The van der Waals surface area contributed by atoms with Crippen LogP contribution in [0, 0.1) is 5.82 Å². The van der Waals surface area contributed by atoms with Crippen LogP contribution in [0.15, 0.2) is 16.6 Å². The summed E-state index contributed by atoms with van der Waals surface area (Å²) < 4.78 is 24.9. The van der Waals surface area contributed by atoms with Crippen LogP contribution in [-0.4, -0.2) is 33.3 Å². The summed E-state index contributed by atoms with van der Waals surface area (Å²) in [5.41, 5.74) is 0.0650. The first-order valence-corrected chi connectivity index (χ1v) is 7.55.